The highest BCUT2D eigenvalue weighted by molar-refractivity contribution is 6.01. The van der Waals surface area contributed by atoms with Gasteiger partial charge in [0, 0.05) is 11.5 Å². The fourth-order valence-electron chi connectivity index (χ4n) is 1.17. The first kappa shape index (κ1) is 7.92. The zero-order valence-corrected chi connectivity index (χ0v) is 6.63. The van der Waals surface area contributed by atoms with Crippen LogP contribution in [-0.2, 0) is 9.59 Å². The van der Waals surface area contributed by atoms with Crippen LogP contribution < -0.4 is 0 Å². The van der Waals surface area contributed by atoms with Crippen LogP contribution in [0.2, 0.25) is 0 Å². The number of ketones is 1. The van der Waals surface area contributed by atoms with Crippen molar-refractivity contribution in [3.05, 3.63) is 23.3 Å². The van der Waals surface area contributed by atoms with Crippen molar-refractivity contribution in [2.75, 3.05) is 0 Å². The molecule has 0 bridgehead atoms. The summed E-state index contributed by atoms with van der Waals surface area (Å²) < 4.78 is 0. The van der Waals surface area contributed by atoms with Gasteiger partial charge in [0.2, 0.25) is 0 Å². The van der Waals surface area contributed by atoms with Crippen LogP contribution in [0.5, 0.6) is 0 Å². The second kappa shape index (κ2) is 2.82. The molecule has 11 heavy (non-hydrogen) atoms. The summed E-state index contributed by atoms with van der Waals surface area (Å²) in [5.74, 6) is -0.0317. The molecule has 0 saturated heterocycles. The van der Waals surface area contributed by atoms with Crippen LogP contribution in [0.25, 0.3) is 0 Å². The average Bonchev–Trinajstić information content (AvgIpc) is 1.99. The van der Waals surface area contributed by atoms with E-state index in [9.17, 15) is 9.59 Å². The molecule has 0 fully saturated rings. The third-order valence-electron chi connectivity index (χ3n) is 1.76. The van der Waals surface area contributed by atoms with Gasteiger partial charge in [-0.2, -0.15) is 0 Å². The largest absolute Gasteiger partial charge is 0.298 e. The van der Waals surface area contributed by atoms with E-state index in [0.29, 0.717) is 11.1 Å². The van der Waals surface area contributed by atoms with Gasteiger partial charge < -0.3 is 0 Å². The summed E-state index contributed by atoms with van der Waals surface area (Å²) >= 11 is 0. The number of carbonyl (C=O) groups is 2. The van der Waals surface area contributed by atoms with E-state index in [0.717, 1.165) is 6.29 Å². The Morgan fingerprint density at radius 3 is 2.64 bits per heavy atom. The molecule has 58 valence electrons. The quantitative estimate of drug-likeness (QED) is 0.527. The number of hydrogen-bond acceptors (Lipinski definition) is 2. The number of Topliss-reactive ketones (excluding diaryl/α,β-unsaturated/α-hetero) is 1. The fraction of sp³-hybridized carbons (Fsp3) is 0.333. The predicted octanol–water partition coefficient (Wildman–Crippen LogP) is 1.28. The Hall–Kier alpha value is -1.18. The number of carbonyl (C=O) groups excluding carboxylic acids is 2. The minimum Gasteiger partial charge on any atom is -0.298 e. The highest BCUT2D eigenvalue weighted by Gasteiger charge is 2.17. The van der Waals surface area contributed by atoms with Gasteiger partial charge in [-0.05, 0) is 18.6 Å². The van der Waals surface area contributed by atoms with Crippen molar-refractivity contribution in [3.63, 3.8) is 0 Å². The highest BCUT2D eigenvalue weighted by atomic mass is 16.1. The highest BCUT2D eigenvalue weighted by Crippen LogP contribution is 2.17. The lowest BCUT2D eigenvalue weighted by atomic mass is 9.92. The number of rotatable bonds is 1. The molecule has 2 heteroatoms. The third kappa shape index (κ3) is 1.45. The van der Waals surface area contributed by atoms with E-state index in [1.54, 1.807) is 26.0 Å². The molecule has 0 aromatic heterocycles. The minimum absolute atomic E-state index is 0.107. The summed E-state index contributed by atoms with van der Waals surface area (Å²) in [5, 5.41) is 0. The smallest absolute Gasteiger partial charge is 0.165 e. The van der Waals surface area contributed by atoms with Crippen LogP contribution in [-0.4, -0.2) is 12.1 Å². The minimum atomic E-state index is -0.139. The van der Waals surface area contributed by atoms with Crippen molar-refractivity contribution < 1.29 is 9.59 Å². The van der Waals surface area contributed by atoms with Crippen molar-refractivity contribution in [1.29, 1.82) is 0 Å². The monoisotopic (exact) mass is 150 g/mol. The van der Waals surface area contributed by atoms with Crippen LogP contribution in [0.3, 0.4) is 0 Å². The third-order valence-corrected chi connectivity index (χ3v) is 1.76. The Balaban J connectivity index is 2.99. The molecule has 1 aliphatic rings. The number of allylic oxidation sites excluding steroid dienone is 4. The second-order valence-corrected chi connectivity index (χ2v) is 2.76. The Morgan fingerprint density at radius 1 is 1.55 bits per heavy atom. The molecule has 0 aromatic carbocycles. The van der Waals surface area contributed by atoms with Gasteiger partial charge in [0.1, 0.15) is 6.29 Å². The van der Waals surface area contributed by atoms with Crippen molar-refractivity contribution in [3.8, 4) is 0 Å². The summed E-state index contributed by atoms with van der Waals surface area (Å²) in [4.78, 5) is 21.5. The molecular formula is C9H10O2. The zero-order valence-electron chi connectivity index (χ0n) is 6.63. The maximum atomic E-state index is 11.2. The first-order valence-electron chi connectivity index (χ1n) is 3.54. The molecule has 1 aliphatic carbocycles. The van der Waals surface area contributed by atoms with E-state index in [2.05, 4.69) is 0 Å². The lowest BCUT2D eigenvalue weighted by molar-refractivity contribution is -0.117. The van der Waals surface area contributed by atoms with Crippen molar-refractivity contribution in [2.45, 2.75) is 13.8 Å². The van der Waals surface area contributed by atoms with Crippen molar-refractivity contribution >= 4 is 12.1 Å². The molecule has 0 heterocycles. The maximum absolute atomic E-state index is 11.2. The Morgan fingerprint density at radius 2 is 2.18 bits per heavy atom. The van der Waals surface area contributed by atoms with Crippen molar-refractivity contribution in [2.24, 2.45) is 5.92 Å². The van der Waals surface area contributed by atoms with E-state index in [-0.39, 0.29) is 11.7 Å². The van der Waals surface area contributed by atoms with Gasteiger partial charge in [-0.15, -0.1) is 0 Å². The van der Waals surface area contributed by atoms with E-state index >= 15 is 0 Å². The summed E-state index contributed by atoms with van der Waals surface area (Å²) in [6.07, 6.45) is 4.07. The van der Waals surface area contributed by atoms with Gasteiger partial charge in [-0.25, -0.2) is 0 Å². The van der Waals surface area contributed by atoms with Crippen LogP contribution in [0.1, 0.15) is 13.8 Å². The van der Waals surface area contributed by atoms with Crippen molar-refractivity contribution in [1.82, 2.24) is 0 Å². The summed E-state index contributed by atoms with van der Waals surface area (Å²) in [7, 11) is 0. The predicted molar refractivity (Wildman–Crippen MR) is 42.1 cm³/mol. The normalized spacial score (nSPS) is 24.2. The van der Waals surface area contributed by atoms with Crippen LogP contribution in [0.4, 0.5) is 0 Å². The van der Waals surface area contributed by atoms with Gasteiger partial charge in [0.05, 0.1) is 0 Å². The molecule has 0 saturated carbocycles. The van der Waals surface area contributed by atoms with Gasteiger partial charge in [-0.3, -0.25) is 9.59 Å². The summed E-state index contributed by atoms with van der Waals surface area (Å²) in [5.41, 5.74) is 1.27. The first-order chi connectivity index (χ1) is 5.15. The molecule has 0 N–H and O–H groups in total. The fourth-order valence-corrected chi connectivity index (χ4v) is 1.17. The molecule has 0 radical (unpaired) electrons. The molecule has 1 unspecified atom stereocenters. The molecule has 0 aromatic rings. The van der Waals surface area contributed by atoms with E-state index in [1.807, 2.05) is 0 Å². The molecule has 2 nitrogen and oxygen atoms in total. The molecule has 0 amide bonds. The van der Waals surface area contributed by atoms with E-state index < -0.39 is 0 Å². The number of hydrogen-bond donors (Lipinski definition) is 0. The maximum Gasteiger partial charge on any atom is 0.165 e. The molecule has 0 aliphatic heterocycles. The lowest BCUT2D eigenvalue weighted by Crippen LogP contribution is -2.14. The van der Waals surface area contributed by atoms with Crippen LogP contribution >= 0.6 is 0 Å². The molecule has 1 atom stereocenters. The number of aldehydes is 1. The van der Waals surface area contributed by atoms with Gasteiger partial charge in [0.15, 0.2) is 5.78 Å². The zero-order chi connectivity index (χ0) is 8.43. The molecule has 0 spiro atoms. The van der Waals surface area contributed by atoms with Crippen LogP contribution in [0.15, 0.2) is 23.3 Å². The van der Waals surface area contributed by atoms with Crippen LogP contribution in [0, 0.1) is 5.92 Å². The molecular weight excluding hydrogens is 140 g/mol. The van der Waals surface area contributed by atoms with E-state index in [4.69, 9.17) is 0 Å². The molecule has 1 rings (SSSR count). The first-order valence-corrected chi connectivity index (χ1v) is 3.54. The lowest BCUT2D eigenvalue weighted by Gasteiger charge is -2.11. The average molecular weight is 150 g/mol. The Kier molecular flexibility index (Phi) is 2.03. The Bertz CT molecular complexity index is 259. The summed E-state index contributed by atoms with van der Waals surface area (Å²) in [6.45, 7) is 3.53. The SMILES string of the molecule is CC1=CC(C=O)=CC(C)C1=O. The second-order valence-electron chi connectivity index (χ2n) is 2.76. The van der Waals surface area contributed by atoms with E-state index in [1.165, 1.54) is 0 Å². The van der Waals surface area contributed by atoms with Gasteiger partial charge in [0.25, 0.3) is 0 Å². The topological polar surface area (TPSA) is 34.1 Å². The standard InChI is InChI=1S/C9H10O2/c1-6-3-8(5-10)4-7(2)9(6)11/h3-6H,1-2H3. The van der Waals surface area contributed by atoms with Gasteiger partial charge in [-0.1, -0.05) is 13.0 Å². The van der Waals surface area contributed by atoms with Gasteiger partial charge >= 0.3 is 0 Å². The Labute approximate surface area is 65.6 Å². The summed E-state index contributed by atoms with van der Waals surface area (Å²) in [6, 6.07) is 0.